The van der Waals surface area contributed by atoms with E-state index in [4.69, 9.17) is 5.11 Å². The standard InChI is InChI=1S/C10H19NO2/c1-10(2,7-12)11-9(13)8-5-3-4-6-8/h8,12H,3-7H2,1-2H3,(H,11,13). The number of hydrogen-bond acceptors (Lipinski definition) is 2. The van der Waals surface area contributed by atoms with E-state index in [1.807, 2.05) is 13.8 Å². The quantitative estimate of drug-likeness (QED) is 0.691. The molecule has 1 aliphatic rings. The molecule has 0 spiro atoms. The van der Waals surface area contributed by atoms with Gasteiger partial charge in [0.1, 0.15) is 0 Å². The van der Waals surface area contributed by atoms with Gasteiger partial charge in [-0.3, -0.25) is 4.79 Å². The van der Waals surface area contributed by atoms with E-state index in [0.717, 1.165) is 25.7 Å². The van der Waals surface area contributed by atoms with Gasteiger partial charge in [-0.15, -0.1) is 0 Å². The molecule has 0 aromatic rings. The molecule has 0 aromatic carbocycles. The number of carbonyl (C=O) groups excluding carboxylic acids is 1. The first-order valence-electron chi connectivity index (χ1n) is 4.98. The molecule has 0 saturated heterocycles. The van der Waals surface area contributed by atoms with E-state index in [-0.39, 0.29) is 18.4 Å². The molecule has 1 amide bonds. The highest BCUT2D eigenvalue weighted by Gasteiger charge is 2.27. The number of aliphatic hydroxyl groups excluding tert-OH is 1. The van der Waals surface area contributed by atoms with Crippen molar-refractivity contribution >= 4 is 5.91 Å². The van der Waals surface area contributed by atoms with Gasteiger partial charge in [-0.1, -0.05) is 12.8 Å². The van der Waals surface area contributed by atoms with Crippen LogP contribution in [-0.2, 0) is 4.79 Å². The number of carbonyl (C=O) groups is 1. The number of aliphatic hydroxyl groups is 1. The molecule has 2 N–H and O–H groups in total. The third kappa shape index (κ3) is 2.99. The van der Waals surface area contributed by atoms with Crippen LogP contribution in [-0.4, -0.2) is 23.2 Å². The predicted octanol–water partition coefficient (Wildman–Crippen LogP) is 1.06. The zero-order valence-electron chi connectivity index (χ0n) is 8.47. The van der Waals surface area contributed by atoms with E-state index in [2.05, 4.69) is 5.32 Å². The van der Waals surface area contributed by atoms with Crippen LogP contribution in [0.4, 0.5) is 0 Å². The topological polar surface area (TPSA) is 49.3 Å². The van der Waals surface area contributed by atoms with Gasteiger partial charge < -0.3 is 10.4 Å². The monoisotopic (exact) mass is 185 g/mol. The Hall–Kier alpha value is -0.570. The van der Waals surface area contributed by atoms with E-state index in [1.165, 1.54) is 0 Å². The summed E-state index contributed by atoms with van der Waals surface area (Å²) < 4.78 is 0. The lowest BCUT2D eigenvalue weighted by Crippen LogP contribution is -2.48. The Morgan fingerprint density at radius 3 is 2.46 bits per heavy atom. The highest BCUT2D eigenvalue weighted by Crippen LogP contribution is 2.25. The fourth-order valence-corrected chi connectivity index (χ4v) is 1.66. The molecule has 0 aromatic heterocycles. The molecule has 0 atom stereocenters. The Balaban J connectivity index is 2.40. The van der Waals surface area contributed by atoms with Gasteiger partial charge >= 0.3 is 0 Å². The SMILES string of the molecule is CC(C)(CO)NC(=O)C1CCCC1. The Kier molecular flexibility index (Phi) is 3.31. The minimum atomic E-state index is -0.473. The summed E-state index contributed by atoms with van der Waals surface area (Å²) in [5.74, 6) is 0.294. The lowest BCUT2D eigenvalue weighted by molar-refractivity contribution is -0.126. The number of amides is 1. The zero-order chi connectivity index (χ0) is 9.90. The Labute approximate surface area is 79.5 Å². The highest BCUT2D eigenvalue weighted by atomic mass is 16.3. The predicted molar refractivity (Wildman–Crippen MR) is 51.3 cm³/mol. The van der Waals surface area contributed by atoms with Crippen molar-refractivity contribution in [3.63, 3.8) is 0 Å². The normalized spacial score (nSPS) is 19.0. The molecule has 0 radical (unpaired) electrons. The highest BCUT2D eigenvalue weighted by molar-refractivity contribution is 5.79. The van der Waals surface area contributed by atoms with Gasteiger partial charge in [-0.2, -0.15) is 0 Å². The van der Waals surface area contributed by atoms with Crippen LogP contribution in [0.25, 0.3) is 0 Å². The summed E-state index contributed by atoms with van der Waals surface area (Å²) in [4.78, 5) is 11.6. The van der Waals surface area contributed by atoms with Crippen LogP contribution in [0.3, 0.4) is 0 Å². The second-order valence-electron chi connectivity index (χ2n) is 4.51. The summed E-state index contributed by atoms with van der Waals surface area (Å²) >= 11 is 0. The molecular formula is C10H19NO2. The molecule has 0 aliphatic heterocycles. The Bertz CT molecular complexity index is 183. The first-order valence-corrected chi connectivity index (χ1v) is 4.98. The van der Waals surface area contributed by atoms with Crippen LogP contribution in [0.2, 0.25) is 0 Å². The maximum absolute atomic E-state index is 11.6. The number of rotatable bonds is 3. The van der Waals surface area contributed by atoms with Crippen molar-refractivity contribution in [1.29, 1.82) is 0 Å². The van der Waals surface area contributed by atoms with Crippen molar-refractivity contribution < 1.29 is 9.90 Å². The van der Waals surface area contributed by atoms with Crippen molar-refractivity contribution in [2.45, 2.75) is 45.1 Å². The first kappa shape index (κ1) is 10.5. The van der Waals surface area contributed by atoms with Crippen LogP contribution in [0.5, 0.6) is 0 Å². The minimum Gasteiger partial charge on any atom is -0.394 e. The van der Waals surface area contributed by atoms with Crippen LogP contribution < -0.4 is 5.32 Å². The van der Waals surface area contributed by atoms with Gasteiger partial charge in [0, 0.05) is 5.92 Å². The van der Waals surface area contributed by atoms with Gasteiger partial charge in [-0.25, -0.2) is 0 Å². The largest absolute Gasteiger partial charge is 0.394 e. The fraction of sp³-hybridized carbons (Fsp3) is 0.900. The molecule has 3 heteroatoms. The van der Waals surface area contributed by atoms with Gasteiger partial charge in [0.25, 0.3) is 0 Å². The molecule has 1 fully saturated rings. The maximum Gasteiger partial charge on any atom is 0.223 e. The first-order chi connectivity index (χ1) is 6.05. The second kappa shape index (κ2) is 4.09. The van der Waals surface area contributed by atoms with Crippen LogP contribution in [0, 0.1) is 5.92 Å². The summed E-state index contributed by atoms with van der Waals surface area (Å²) in [5.41, 5.74) is -0.473. The number of hydrogen-bond donors (Lipinski definition) is 2. The molecule has 76 valence electrons. The molecule has 1 saturated carbocycles. The smallest absolute Gasteiger partial charge is 0.223 e. The van der Waals surface area contributed by atoms with Gasteiger partial charge in [0.05, 0.1) is 12.1 Å². The summed E-state index contributed by atoms with van der Waals surface area (Å²) in [5, 5.41) is 11.8. The van der Waals surface area contributed by atoms with Crippen molar-refractivity contribution in [2.75, 3.05) is 6.61 Å². The fourth-order valence-electron chi connectivity index (χ4n) is 1.66. The van der Waals surface area contributed by atoms with Gasteiger partial charge in [-0.05, 0) is 26.7 Å². The molecular weight excluding hydrogens is 166 g/mol. The van der Waals surface area contributed by atoms with Crippen LogP contribution in [0.15, 0.2) is 0 Å². The maximum atomic E-state index is 11.6. The molecule has 0 bridgehead atoms. The van der Waals surface area contributed by atoms with Gasteiger partial charge in [0.2, 0.25) is 5.91 Å². The molecule has 13 heavy (non-hydrogen) atoms. The third-order valence-corrected chi connectivity index (χ3v) is 2.58. The summed E-state index contributed by atoms with van der Waals surface area (Å²) in [6.07, 6.45) is 4.34. The second-order valence-corrected chi connectivity index (χ2v) is 4.51. The van der Waals surface area contributed by atoms with Gasteiger partial charge in [0.15, 0.2) is 0 Å². The Morgan fingerprint density at radius 2 is 2.00 bits per heavy atom. The van der Waals surface area contributed by atoms with Crippen molar-refractivity contribution in [3.05, 3.63) is 0 Å². The van der Waals surface area contributed by atoms with E-state index < -0.39 is 5.54 Å². The van der Waals surface area contributed by atoms with E-state index in [9.17, 15) is 4.79 Å². The van der Waals surface area contributed by atoms with Crippen molar-refractivity contribution in [1.82, 2.24) is 5.32 Å². The minimum absolute atomic E-state index is 0.00847. The van der Waals surface area contributed by atoms with E-state index >= 15 is 0 Å². The molecule has 0 heterocycles. The lowest BCUT2D eigenvalue weighted by Gasteiger charge is -2.25. The molecule has 1 rings (SSSR count). The van der Waals surface area contributed by atoms with E-state index in [0.29, 0.717) is 0 Å². The lowest BCUT2D eigenvalue weighted by atomic mass is 10.0. The molecule has 1 aliphatic carbocycles. The number of nitrogens with one attached hydrogen (secondary N) is 1. The van der Waals surface area contributed by atoms with Crippen molar-refractivity contribution in [3.8, 4) is 0 Å². The van der Waals surface area contributed by atoms with E-state index in [1.54, 1.807) is 0 Å². The average Bonchev–Trinajstić information content (AvgIpc) is 2.55. The zero-order valence-corrected chi connectivity index (χ0v) is 8.47. The summed E-state index contributed by atoms with van der Waals surface area (Å²) in [6, 6.07) is 0. The molecule has 3 nitrogen and oxygen atoms in total. The van der Waals surface area contributed by atoms with Crippen LogP contribution >= 0.6 is 0 Å². The average molecular weight is 185 g/mol. The molecule has 0 unspecified atom stereocenters. The van der Waals surface area contributed by atoms with Crippen molar-refractivity contribution in [2.24, 2.45) is 5.92 Å². The third-order valence-electron chi connectivity index (χ3n) is 2.58. The summed E-state index contributed by atoms with van der Waals surface area (Å²) in [7, 11) is 0. The Morgan fingerprint density at radius 1 is 1.46 bits per heavy atom. The van der Waals surface area contributed by atoms with Crippen LogP contribution in [0.1, 0.15) is 39.5 Å². The summed E-state index contributed by atoms with van der Waals surface area (Å²) in [6.45, 7) is 3.66.